The number of aliphatic hydroxyl groups excluding tert-OH is 1. The first kappa shape index (κ1) is 23.8. The Morgan fingerprint density at radius 1 is 1.21 bits per heavy atom. The van der Waals surface area contributed by atoms with Crippen molar-refractivity contribution in [3.8, 4) is 0 Å². The van der Waals surface area contributed by atoms with Crippen molar-refractivity contribution in [2.75, 3.05) is 22.6 Å². The summed E-state index contributed by atoms with van der Waals surface area (Å²) in [4.78, 5) is 20.1. The number of rotatable bonds is 8. The van der Waals surface area contributed by atoms with Gasteiger partial charge in [-0.25, -0.2) is 4.98 Å². The van der Waals surface area contributed by atoms with E-state index in [-0.39, 0.29) is 12.3 Å². The maximum atomic E-state index is 12.4. The van der Waals surface area contributed by atoms with Gasteiger partial charge in [0.1, 0.15) is 0 Å². The van der Waals surface area contributed by atoms with Crippen LogP contribution in [-0.4, -0.2) is 38.8 Å². The Morgan fingerprint density at radius 2 is 1.97 bits per heavy atom. The smallest absolute Gasteiger partial charge is 0.229 e. The molecule has 4 rings (SSSR count). The number of thioether (sulfide) groups is 1. The second-order valence-corrected chi connectivity index (χ2v) is 9.65. The van der Waals surface area contributed by atoms with Crippen LogP contribution in [0.5, 0.6) is 0 Å². The summed E-state index contributed by atoms with van der Waals surface area (Å²) in [5, 5.41) is 22.5. The fraction of sp³-hybridized carbons (Fsp3) is 0.208. The van der Waals surface area contributed by atoms with Gasteiger partial charge in [-0.2, -0.15) is 0 Å². The number of aliphatic hydroxyl groups is 1. The van der Waals surface area contributed by atoms with Crippen LogP contribution in [0, 0.1) is 6.92 Å². The standard InChI is InChI=1S/C24H26N6O2S2/c1-3-30-22(32)20(15-25-17-10-5-4-6-11-17)34-24(30)29-28-23-26-14-18(33-23)13-21(31)27-19-12-8-7-9-16(19)2/h4-12,14-15,22,25,32H,3,13H2,1-2H3,(H,26,28)(H,27,31)/b20-15+,29-24-. The summed E-state index contributed by atoms with van der Waals surface area (Å²) in [6.07, 6.45) is 2.93. The third-order valence-corrected chi connectivity index (χ3v) is 7.03. The number of nitrogens with one attached hydrogen (secondary N) is 3. The van der Waals surface area contributed by atoms with E-state index >= 15 is 0 Å². The summed E-state index contributed by atoms with van der Waals surface area (Å²) in [6.45, 7) is 4.51. The van der Waals surface area contributed by atoms with Crippen molar-refractivity contribution in [3.05, 3.63) is 82.3 Å². The lowest BCUT2D eigenvalue weighted by Gasteiger charge is -2.19. The molecule has 176 valence electrons. The number of hydrazone groups is 1. The molecule has 0 saturated carbocycles. The molecule has 2 aromatic carbocycles. The SMILES string of the molecule is CCN1/C(=N/Nc2ncc(CC(=O)Nc3ccccc3C)s2)S/C(=C/Nc2ccccc2)C1O. The molecule has 0 spiro atoms. The highest BCUT2D eigenvalue weighted by Crippen LogP contribution is 2.34. The van der Waals surface area contributed by atoms with Gasteiger partial charge < -0.3 is 20.6 Å². The predicted molar refractivity (Wildman–Crippen MR) is 141 cm³/mol. The Labute approximate surface area is 206 Å². The van der Waals surface area contributed by atoms with E-state index in [1.807, 2.05) is 68.4 Å². The molecule has 0 aliphatic carbocycles. The minimum absolute atomic E-state index is 0.0943. The summed E-state index contributed by atoms with van der Waals surface area (Å²) in [5.74, 6) is -0.0943. The number of carbonyl (C=O) groups excluding carboxylic acids is 1. The van der Waals surface area contributed by atoms with E-state index in [2.05, 4.69) is 26.1 Å². The normalized spacial score (nSPS) is 17.9. The van der Waals surface area contributed by atoms with Crippen molar-refractivity contribution in [2.45, 2.75) is 26.5 Å². The van der Waals surface area contributed by atoms with Crippen molar-refractivity contribution in [3.63, 3.8) is 0 Å². The number of benzene rings is 2. The van der Waals surface area contributed by atoms with Crippen LogP contribution in [0.2, 0.25) is 0 Å². The van der Waals surface area contributed by atoms with Crippen LogP contribution in [0.15, 0.2) is 77.0 Å². The van der Waals surface area contributed by atoms with Crippen molar-refractivity contribution < 1.29 is 9.90 Å². The number of carbonyl (C=O) groups is 1. The number of nitrogens with zero attached hydrogens (tertiary/aromatic N) is 3. The maximum Gasteiger partial charge on any atom is 0.229 e. The van der Waals surface area contributed by atoms with Gasteiger partial charge in [0.05, 0.1) is 11.3 Å². The van der Waals surface area contributed by atoms with Gasteiger partial charge in [0.15, 0.2) is 11.4 Å². The number of thiazole rings is 1. The predicted octanol–water partition coefficient (Wildman–Crippen LogP) is 4.66. The highest BCUT2D eigenvalue weighted by atomic mass is 32.2. The van der Waals surface area contributed by atoms with Crippen molar-refractivity contribution in [1.82, 2.24) is 9.88 Å². The zero-order valence-corrected chi connectivity index (χ0v) is 20.5. The fourth-order valence-electron chi connectivity index (χ4n) is 3.27. The summed E-state index contributed by atoms with van der Waals surface area (Å²) in [6, 6.07) is 17.4. The zero-order chi connectivity index (χ0) is 23.9. The molecule has 1 aliphatic rings. The number of likely N-dealkylation sites (N-methyl/N-ethyl adjacent to an activating group) is 1. The molecule has 1 aromatic heterocycles. The van der Waals surface area contributed by atoms with E-state index in [0.29, 0.717) is 16.8 Å². The van der Waals surface area contributed by atoms with Gasteiger partial charge >= 0.3 is 0 Å². The average Bonchev–Trinajstić information content (AvgIpc) is 3.41. The summed E-state index contributed by atoms with van der Waals surface area (Å²) in [5.41, 5.74) is 5.73. The summed E-state index contributed by atoms with van der Waals surface area (Å²) in [7, 11) is 0. The van der Waals surface area contributed by atoms with E-state index < -0.39 is 6.23 Å². The Balaban J connectivity index is 1.36. The summed E-state index contributed by atoms with van der Waals surface area (Å²) < 4.78 is 0. The number of hydrogen-bond donors (Lipinski definition) is 4. The number of hydrogen-bond acceptors (Lipinski definition) is 8. The third-order valence-electron chi connectivity index (χ3n) is 5.05. The Bertz CT molecular complexity index is 1190. The molecule has 1 aliphatic heterocycles. The number of aryl methyl sites for hydroxylation is 1. The number of aromatic nitrogens is 1. The lowest BCUT2D eigenvalue weighted by Crippen LogP contribution is -2.33. The van der Waals surface area contributed by atoms with Gasteiger partial charge in [-0.1, -0.05) is 47.7 Å². The lowest BCUT2D eigenvalue weighted by atomic mass is 10.2. The molecule has 1 fully saturated rings. The first-order chi connectivity index (χ1) is 16.5. The van der Waals surface area contributed by atoms with E-state index in [1.165, 1.54) is 23.1 Å². The number of amidine groups is 1. The van der Waals surface area contributed by atoms with Gasteiger partial charge in [0.2, 0.25) is 11.0 Å². The molecule has 1 saturated heterocycles. The van der Waals surface area contributed by atoms with E-state index in [9.17, 15) is 9.90 Å². The Morgan fingerprint density at radius 3 is 2.74 bits per heavy atom. The van der Waals surface area contributed by atoms with E-state index in [1.54, 1.807) is 17.3 Å². The monoisotopic (exact) mass is 494 g/mol. The second-order valence-electron chi connectivity index (χ2n) is 7.50. The largest absolute Gasteiger partial charge is 0.369 e. The molecule has 1 unspecified atom stereocenters. The molecule has 0 radical (unpaired) electrons. The topological polar surface area (TPSA) is 102 Å². The van der Waals surface area contributed by atoms with Crippen LogP contribution < -0.4 is 16.1 Å². The van der Waals surface area contributed by atoms with Gasteiger partial charge in [-0.15, -0.1) is 5.10 Å². The molecular weight excluding hydrogens is 468 g/mol. The number of para-hydroxylation sites is 2. The highest BCUT2D eigenvalue weighted by Gasteiger charge is 2.32. The minimum Gasteiger partial charge on any atom is -0.369 e. The molecule has 34 heavy (non-hydrogen) atoms. The van der Waals surface area contributed by atoms with Gasteiger partial charge in [-0.05, 0) is 49.4 Å². The first-order valence-corrected chi connectivity index (χ1v) is 12.4. The summed E-state index contributed by atoms with van der Waals surface area (Å²) >= 11 is 2.75. The highest BCUT2D eigenvalue weighted by molar-refractivity contribution is 8.17. The quantitative estimate of drug-likeness (QED) is 0.338. The van der Waals surface area contributed by atoms with E-state index in [0.717, 1.165) is 26.7 Å². The zero-order valence-electron chi connectivity index (χ0n) is 18.9. The van der Waals surface area contributed by atoms with Gasteiger partial charge in [0, 0.05) is 35.2 Å². The fourth-order valence-corrected chi connectivity index (χ4v) is 5.02. The van der Waals surface area contributed by atoms with Crippen LogP contribution in [-0.2, 0) is 11.2 Å². The Kier molecular flexibility index (Phi) is 7.84. The van der Waals surface area contributed by atoms with Crippen LogP contribution in [0.4, 0.5) is 16.5 Å². The lowest BCUT2D eigenvalue weighted by molar-refractivity contribution is -0.115. The molecule has 8 nitrogen and oxygen atoms in total. The van der Waals surface area contributed by atoms with Crippen molar-refractivity contribution in [2.24, 2.45) is 5.10 Å². The van der Waals surface area contributed by atoms with Crippen LogP contribution in [0.3, 0.4) is 0 Å². The average molecular weight is 495 g/mol. The Hall–Kier alpha value is -3.34. The van der Waals surface area contributed by atoms with E-state index in [4.69, 9.17) is 0 Å². The van der Waals surface area contributed by atoms with Crippen molar-refractivity contribution in [1.29, 1.82) is 0 Å². The first-order valence-electron chi connectivity index (χ1n) is 10.8. The van der Waals surface area contributed by atoms with Crippen LogP contribution >= 0.6 is 23.1 Å². The molecule has 10 heteroatoms. The molecule has 1 amide bonds. The number of anilines is 3. The minimum atomic E-state index is -0.774. The third kappa shape index (κ3) is 5.96. The molecule has 3 aromatic rings. The molecular formula is C24H26N6O2S2. The molecule has 0 bridgehead atoms. The van der Waals surface area contributed by atoms with Crippen molar-refractivity contribution >= 4 is 50.7 Å². The van der Waals surface area contributed by atoms with Crippen LogP contribution in [0.1, 0.15) is 17.4 Å². The van der Waals surface area contributed by atoms with Gasteiger partial charge in [-0.3, -0.25) is 10.2 Å². The number of amides is 1. The van der Waals surface area contributed by atoms with Crippen LogP contribution in [0.25, 0.3) is 0 Å². The maximum absolute atomic E-state index is 12.4. The molecule has 1 atom stereocenters. The molecule has 2 heterocycles. The van der Waals surface area contributed by atoms with Gasteiger partial charge in [0.25, 0.3) is 0 Å². The molecule has 4 N–H and O–H groups in total. The second kappa shape index (κ2) is 11.2.